The molecule has 0 bridgehead atoms. The zero-order valence-electron chi connectivity index (χ0n) is 7.75. The molecule has 1 fully saturated rings. The second kappa shape index (κ2) is 3.55. The van der Waals surface area contributed by atoms with Crippen LogP contribution < -0.4 is 0 Å². The van der Waals surface area contributed by atoms with Crippen LogP contribution in [0, 0.1) is 0 Å². The summed E-state index contributed by atoms with van der Waals surface area (Å²) in [5.41, 5.74) is 0. The first-order chi connectivity index (χ1) is 5.13. The first-order valence-electron chi connectivity index (χ1n) is 4.56. The highest BCUT2D eigenvalue weighted by molar-refractivity contribution is 4.84. The van der Waals surface area contributed by atoms with Gasteiger partial charge in [-0.05, 0) is 40.2 Å². The number of likely N-dealkylation sites (tertiary alicyclic amines) is 1. The van der Waals surface area contributed by atoms with Crippen molar-refractivity contribution >= 4 is 0 Å². The van der Waals surface area contributed by atoms with Crippen LogP contribution in [0.25, 0.3) is 0 Å². The van der Waals surface area contributed by atoms with Crippen LogP contribution in [-0.2, 0) is 0 Å². The summed E-state index contributed by atoms with van der Waals surface area (Å²) < 4.78 is 0. The van der Waals surface area contributed by atoms with Crippen LogP contribution in [0.1, 0.15) is 33.6 Å². The van der Waals surface area contributed by atoms with Crippen molar-refractivity contribution < 1.29 is 5.11 Å². The third-order valence-corrected chi connectivity index (χ3v) is 2.56. The summed E-state index contributed by atoms with van der Waals surface area (Å²) in [4.78, 5) is 2.39. The first kappa shape index (κ1) is 9.01. The van der Waals surface area contributed by atoms with E-state index in [-0.39, 0.29) is 6.10 Å². The van der Waals surface area contributed by atoms with Gasteiger partial charge in [0.2, 0.25) is 0 Å². The number of rotatable bonds is 2. The minimum absolute atomic E-state index is 0.167. The molecule has 0 unspecified atom stereocenters. The quantitative estimate of drug-likeness (QED) is 0.652. The van der Waals surface area contributed by atoms with Gasteiger partial charge in [-0.3, -0.25) is 4.90 Å². The lowest BCUT2D eigenvalue weighted by Crippen LogP contribution is -2.41. The Morgan fingerprint density at radius 1 is 1.36 bits per heavy atom. The highest BCUT2D eigenvalue weighted by atomic mass is 16.3. The number of aliphatic hydroxyl groups is 1. The van der Waals surface area contributed by atoms with Gasteiger partial charge in [-0.1, -0.05) is 0 Å². The maximum Gasteiger partial charge on any atom is 0.0667 e. The van der Waals surface area contributed by atoms with E-state index in [9.17, 15) is 5.11 Å². The van der Waals surface area contributed by atoms with Crippen LogP contribution in [0.3, 0.4) is 0 Å². The van der Waals surface area contributed by atoms with E-state index < -0.39 is 0 Å². The molecule has 1 aliphatic heterocycles. The molecule has 1 heterocycles. The van der Waals surface area contributed by atoms with Gasteiger partial charge in [0.05, 0.1) is 6.10 Å². The lowest BCUT2D eigenvalue weighted by Gasteiger charge is -2.29. The first-order valence-corrected chi connectivity index (χ1v) is 4.56. The summed E-state index contributed by atoms with van der Waals surface area (Å²) in [6, 6.07) is 0.993. The molecule has 0 amide bonds. The van der Waals surface area contributed by atoms with E-state index in [0.717, 1.165) is 13.0 Å². The third-order valence-electron chi connectivity index (χ3n) is 2.56. The molecule has 2 atom stereocenters. The van der Waals surface area contributed by atoms with E-state index >= 15 is 0 Å². The number of aliphatic hydroxyl groups excluding tert-OH is 1. The summed E-state index contributed by atoms with van der Waals surface area (Å²) in [6.45, 7) is 7.44. The predicted octanol–water partition coefficient (Wildman–Crippen LogP) is 1.24. The van der Waals surface area contributed by atoms with Crippen molar-refractivity contribution in [2.75, 3.05) is 6.54 Å². The minimum Gasteiger partial charge on any atom is -0.392 e. The highest BCUT2D eigenvalue weighted by Crippen LogP contribution is 2.22. The van der Waals surface area contributed by atoms with Gasteiger partial charge in [0.1, 0.15) is 0 Å². The van der Waals surface area contributed by atoms with Crippen molar-refractivity contribution in [3.63, 3.8) is 0 Å². The topological polar surface area (TPSA) is 23.5 Å². The monoisotopic (exact) mass is 157 g/mol. The Kier molecular flexibility index (Phi) is 2.90. The van der Waals surface area contributed by atoms with Gasteiger partial charge in [0.15, 0.2) is 0 Å². The summed E-state index contributed by atoms with van der Waals surface area (Å²) >= 11 is 0. The van der Waals surface area contributed by atoms with E-state index in [1.807, 2.05) is 6.92 Å². The average Bonchev–Trinajstić information content (AvgIpc) is 2.32. The molecule has 2 nitrogen and oxygen atoms in total. The molecule has 66 valence electrons. The van der Waals surface area contributed by atoms with Crippen LogP contribution >= 0.6 is 0 Å². The van der Waals surface area contributed by atoms with E-state index in [1.54, 1.807) is 0 Å². The summed E-state index contributed by atoms with van der Waals surface area (Å²) in [6.07, 6.45) is 2.24. The van der Waals surface area contributed by atoms with E-state index in [2.05, 4.69) is 18.7 Å². The molecule has 0 saturated carbocycles. The van der Waals surface area contributed by atoms with Gasteiger partial charge in [0, 0.05) is 12.1 Å². The molecule has 1 N–H and O–H groups in total. The van der Waals surface area contributed by atoms with Crippen LogP contribution in [0.4, 0.5) is 0 Å². The van der Waals surface area contributed by atoms with E-state index in [1.165, 1.54) is 6.42 Å². The van der Waals surface area contributed by atoms with Gasteiger partial charge in [-0.25, -0.2) is 0 Å². The van der Waals surface area contributed by atoms with Crippen LogP contribution in [-0.4, -0.2) is 34.7 Å². The fourth-order valence-corrected chi connectivity index (χ4v) is 1.97. The molecule has 0 aromatic carbocycles. The summed E-state index contributed by atoms with van der Waals surface area (Å²) in [7, 11) is 0. The second-order valence-electron chi connectivity index (χ2n) is 3.78. The lowest BCUT2D eigenvalue weighted by molar-refractivity contribution is 0.0700. The normalized spacial score (nSPS) is 29.7. The molecule has 1 saturated heterocycles. The Labute approximate surface area is 69.2 Å². The van der Waals surface area contributed by atoms with Gasteiger partial charge in [0.25, 0.3) is 0 Å². The van der Waals surface area contributed by atoms with E-state index in [4.69, 9.17) is 0 Å². The second-order valence-corrected chi connectivity index (χ2v) is 3.78. The summed E-state index contributed by atoms with van der Waals surface area (Å²) in [5.74, 6) is 0. The maximum absolute atomic E-state index is 9.43. The molecule has 11 heavy (non-hydrogen) atoms. The molecule has 0 spiro atoms. The number of hydrogen-bond donors (Lipinski definition) is 1. The Balaban J connectivity index is 2.51. The Bertz CT molecular complexity index is 109. The molecular formula is C9H19NO. The fourth-order valence-electron chi connectivity index (χ4n) is 1.97. The predicted molar refractivity (Wildman–Crippen MR) is 46.5 cm³/mol. The van der Waals surface area contributed by atoms with Crippen molar-refractivity contribution in [3.8, 4) is 0 Å². The molecule has 0 aliphatic carbocycles. The number of nitrogens with zero attached hydrogens (tertiary/aromatic N) is 1. The average molecular weight is 157 g/mol. The molecule has 0 aromatic heterocycles. The fraction of sp³-hybridized carbons (Fsp3) is 1.00. The van der Waals surface area contributed by atoms with Crippen molar-refractivity contribution in [1.82, 2.24) is 4.90 Å². The number of hydrogen-bond acceptors (Lipinski definition) is 2. The smallest absolute Gasteiger partial charge is 0.0667 e. The zero-order valence-corrected chi connectivity index (χ0v) is 7.75. The van der Waals surface area contributed by atoms with Gasteiger partial charge < -0.3 is 5.11 Å². The lowest BCUT2D eigenvalue weighted by atomic mass is 10.1. The van der Waals surface area contributed by atoms with Crippen molar-refractivity contribution in [2.45, 2.75) is 51.8 Å². The molecule has 1 rings (SSSR count). The minimum atomic E-state index is -0.167. The zero-order chi connectivity index (χ0) is 8.43. The molecule has 0 aromatic rings. The van der Waals surface area contributed by atoms with Crippen molar-refractivity contribution in [1.29, 1.82) is 0 Å². The largest absolute Gasteiger partial charge is 0.392 e. The van der Waals surface area contributed by atoms with Gasteiger partial charge >= 0.3 is 0 Å². The van der Waals surface area contributed by atoms with Crippen LogP contribution in [0.15, 0.2) is 0 Å². The van der Waals surface area contributed by atoms with Crippen molar-refractivity contribution in [3.05, 3.63) is 0 Å². The Morgan fingerprint density at radius 2 is 2.00 bits per heavy atom. The maximum atomic E-state index is 9.43. The van der Waals surface area contributed by atoms with Gasteiger partial charge in [-0.15, -0.1) is 0 Å². The molecule has 1 aliphatic rings. The molecule has 2 heteroatoms. The Hall–Kier alpha value is -0.0800. The SMILES string of the molecule is CC(C)N1CCC[C@@H]1[C@@H](C)O. The standard InChI is InChI=1S/C9H19NO/c1-7(2)10-6-4-5-9(10)8(3)11/h7-9,11H,4-6H2,1-3H3/t8-,9-/m1/s1. The van der Waals surface area contributed by atoms with Gasteiger partial charge in [-0.2, -0.15) is 0 Å². The Morgan fingerprint density at radius 3 is 2.36 bits per heavy atom. The molecular weight excluding hydrogens is 138 g/mol. The van der Waals surface area contributed by atoms with E-state index in [0.29, 0.717) is 12.1 Å². The molecule has 0 radical (unpaired) electrons. The summed E-state index contributed by atoms with van der Waals surface area (Å²) in [5, 5.41) is 9.43. The highest BCUT2D eigenvalue weighted by Gasteiger charge is 2.29. The van der Waals surface area contributed by atoms with Crippen LogP contribution in [0.5, 0.6) is 0 Å². The van der Waals surface area contributed by atoms with Crippen LogP contribution in [0.2, 0.25) is 0 Å². The van der Waals surface area contributed by atoms with Crippen molar-refractivity contribution in [2.24, 2.45) is 0 Å². The third kappa shape index (κ3) is 1.94.